The van der Waals surface area contributed by atoms with Crippen LogP contribution in [0, 0.1) is 6.92 Å². The van der Waals surface area contributed by atoms with Crippen LogP contribution in [0.1, 0.15) is 5.56 Å². The third-order valence-electron chi connectivity index (χ3n) is 3.26. The molecule has 4 nitrogen and oxygen atoms in total. The zero-order valence-corrected chi connectivity index (χ0v) is 12.1. The van der Waals surface area contributed by atoms with Gasteiger partial charge in [0.25, 0.3) is 0 Å². The highest BCUT2D eigenvalue weighted by Crippen LogP contribution is 2.27. The smallest absolute Gasteiger partial charge is 0.212 e. The summed E-state index contributed by atoms with van der Waals surface area (Å²) >= 11 is 0. The van der Waals surface area contributed by atoms with Gasteiger partial charge in [0.1, 0.15) is 5.75 Å². The van der Waals surface area contributed by atoms with Crippen LogP contribution in [0.3, 0.4) is 0 Å². The minimum atomic E-state index is 0.755. The van der Waals surface area contributed by atoms with Crippen LogP contribution in [0.2, 0.25) is 0 Å². The zero-order valence-electron chi connectivity index (χ0n) is 12.1. The van der Waals surface area contributed by atoms with Gasteiger partial charge in [-0.25, -0.2) is 4.98 Å². The molecule has 0 spiro atoms. The van der Waals surface area contributed by atoms with Crippen LogP contribution in [0.4, 0.5) is 11.6 Å². The number of nitrogens with zero attached hydrogens (tertiary/aromatic N) is 2. The molecule has 0 aliphatic carbocycles. The van der Waals surface area contributed by atoms with Gasteiger partial charge in [-0.2, -0.15) is 0 Å². The molecule has 0 atom stereocenters. The number of methoxy groups -OCH3 is 1. The van der Waals surface area contributed by atoms with E-state index in [-0.39, 0.29) is 0 Å². The fourth-order valence-corrected chi connectivity index (χ4v) is 2.23. The molecular weight excluding hydrogens is 262 g/mol. The average Bonchev–Trinajstić information content (AvgIpc) is 2.96. The Morgan fingerprint density at radius 2 is 1.90 bits per heavy atom. The number of aromatic nitrogens is 2. The Balaban J connectivity index is 2.01. The highest BCUT2D eigenvalue weighted by molar-refractivity contribution is 5.58. The lowest BCUT2D eigenvalue weighted by molar-refractivity contribution is 0.413. The number of anilines is 2. The van der Waals surface area contributed by atoms with Gasteiger partial charge in [-0.15, -0.1) is 0 Å². The second-order valence-electron chi connectivity index (χ2n) is 4.79. The Labute approximate surface area is 124 Å². The van der Waals surface area contributed by atoms with Crippen LogP contribution in [0.5, 0.6) is 5.75 Å². The largest absolute Gasteiger partial charge is 0.495 e. The van der Waals surface area contributed by atoms with Gasteiger partial charge in [-0.3, -0.25) is 4.57 Å². The molecule has 1 aromatic heterocycles. The normalized spacial score (nSPS) is 10.4. The van der Waals surface area contributed by atoms with Gasteiger partial charge in [0.2, 0.25) is 5.95 Å². The molecule has 0 amide bonds. The topological polar surface area (TPSA) is 39.1 Å². The van der Waals surface area contributed by atoms with Crippen molar-refractivity contribution in [3.63, 3.8) is 0 Å². The molecule has 0 fully saturated rings. The summed E-state index contributed by atoms with van der Waals surface area (Å²) < 4.78 is 7.44. The van der Waals surface area contributed by atoms with Gasteiger partial charge in [0, 0.05) is 18.1 Å². The van der Waals surface area contributed by atoms with Crippen molar-refractivity contribution < 1.29 is 4.74 Å². The van der Waals surface area contributed by atoms with E-state index < -0.39 is 0 Å². The molecule has 1 N–H and O–H groups in total. The Kier molecular flexibility index (Phi) is 3.60. The fourth-order valence-electron chi connectivity index (χ4n) is 2.23. The number of nitrogens with one attached hydrogen (secondary N) is 1. The van der Waals surface area contributed by atoms with Crippen LogP contribution in [0.25, 0.3) is 5.69 Å². The highest BCUT2D eigenvalue weighted by Gasteiger charge is 2.10. The van der Waals surface area contributed by atoms with Crippen molar-refractivity contribution in [3.05, 3.63) is 66.5 Å². The monoisotopic (exact) mass is 279 g/mol. The van der Waals surface area contributed by atoms with Crippen LogP contribution >= 0.6 is 0 Å². The molecule has 0 bridgehead atoms. The van der Waals surface area contributed by atoms with Crippen molar-refractivity contribution in [1.29, 1.82) is 0 Å². The lowest BCUT2D eigenvalue weighted by Crippen LogP contribution is -2.03. The number of para-hydroxylation sites is 1. The van der Waals surface area contributed by atoms with Gasteiger partial charge in [-0.05, 0) is 36.8 Å². The van der Waals surface area contributed by atoms with E-state index in [2.05, 4.69) is 23.3 Å². The summed E-state index contributed by atoms with van der Waals surface area (Å²) in [6.45, 7) is 2.06. The number of hydrogen-bond acceptors (Lipinski definition) is 3. The SMILES string of the molecule is COc1ccc(C)cc1-n1ccnc1Nc1ccccc1. The molecule has 0 saturated heterocycles. The van der Waals surface area contributed by atoms with E-state index >= 15 is 0 Å². The molecule has 0 saturated carbocycles. The summed E-state index contributed by atoms with van der Waals surface area (Å²) in [6.07, 6.45) is 3.69. The third kappa shape index (κ3) is 2.74. The average molecular weight is 279 g/mol. The molecule has 1 heterocycles. The Bertz CT molecular complexity index is 735. The molecule has 21 heavy (non-hydrogen) atoms. The Morgan fingerprint density at radius 3 is 2.67 bits per heavy atom. The fraction of sp³-hybridized carbons (Fsp3) is 0.118. The quantitative estimate of drug-likeness (QED) is 0.786. The van der Waals surface area contributed by atoms with Gasteiger partial charge in [-0.1, -0.05) is 24.3 Å². The maximum absolute atomic E-state index is 5.45. The molecular formula is C17H17N3O. The lowest BCUT2D eigenvalue weighted by atomic mass is 10.2. The zero-order chi connectivity index (χ0) is 14.7. The number of hydrogen-bond donors (Lipinski definition) is 1. The summed E-state index contributed by atoms with van der Waals surface area (Å²) in [6, 6.07) is 16.1. The molecule has 0 radical (unpaired) electrons. The van der Waals surface area contributed by atoms with Crippen molar-refractivity contribution in [1.82, 2.24) is 9.55 Å². The van der Waals surface area contributed by atoms with E-state index in [1.807, 2.05) is 53.2 Å². The van der Waals surface area contributed by atoms with Gasteiger partial charge >= 0.3 is 0 Å². The summed E-state index contributed by atoms with van der Waals surface area (Å²) in [5.74, 6) is 1.57. The van der Waals surface area contributed by atoms with Gasteiger partial charge < -0.3 is 10.1 Å². The second kappa shape index (κ2) is 5.71. The van der Waals surface area contributed by atoms with Crippen molar-refractivity contribution in [2.45, 2.75) is 6.92 Å². The first kappa shape index (κ1) is 13.2. The van der Waals surface area contributed by atoms with E-state index in [1.54, 1.807) is 13.3 Å². The molecule has 0 aliphatic heterocycles. The Hall–Kier alpha value is -2.75. The standard InChI is InChI=1S/C17H17N3O/c1-13-8-9-16(21-2)15(12-13)20-11-10-18-17(20)19-14-6-4-3-5-7-14/h3-12H,1-2H3,(H,18,19). The number of aryl methyl sites for hydroxylation is 1. The Morgan fingerprint density at radius 1 is 1.10 bits per heavy atom. The maximum atomic E-state index is 5.45. The molecule has 4 heteroatoms. The molecule has 0 unspecified atom stereocenters. The second-order valence-corrected chi connectivity index (χ2v) is 4.79. The van der Waals surface area contributed by atoms with Crippen molar-refractivity contribution in [2.24, 2.45) is 0 Å². The van der Waals surface area contributed by atoms with Crippen LogP contribution in [0.15, 0.2) is 60.9 Å². The molecule has 2 aromatic carbocycles. The van der Waals surface area contributed by atoms with Crippen LogP contribution in [-0.4, -0.2) is 16.7 Å². The molecule has 3 rings (SSSR count). The number of ether oxygens (including phenoxy) is 1. The summed E-state index contributed by atoms with van der Waals surface area (Å²) in [5, 5.41) is 3.32. The molecule has 106 valence electrons. The van der Waals surface area contributed by atoms with Crippen LogP contribution in [-0.2, 0) is 0 Å². The predicted molar refractivity (Wildman–Crippen MR) is 84.6 cm³/mol. The lowest BCUT2D eigenvalue weighted by Gasteiger charge is -2.14. The number of benzene rings is 2. The summed E-state index contributed by atoms with van der Waals surface area (Å²) in [7, 11) is 1.68. The maximum Gasteiger partial charge on any atom is 0.212 e. The first-order valence-electron chi connectivity index (χ1n) is 6.78. The first-order chi connectivity index (χ1) is 10.3. The van der Waals surface area contributed by atoms with Crippen LogP contribution < -0.4 is 10.1 Å². The molecule has 0 aliphatic rings. The molecule has 3 aromatic rings. The number of imidazole rings is 1. The van der Waals surface area contributed by atoms with Crippen molar-refractivity contribution in [3.8, 4) is 11.4 Å². The van der Waals surface area contributed by atoms with Gasteiger partial charge in [0.15, 0.2) is 0 Å². The van der Waals surface area contributed by atoms with E-state index in [0.717, 1.165) is 23.1 Å². The minimum absolute atomic E-state index is 0.755. The summed E-state index contributed by atoms with van der Waals surface area (Å²) in [5.41, 5.74) is 3.13. The van der Waals surface area contributed by atoms with Crippen molar-refractivity contribution >= 4 is 11.6 Å². The van der Waals surface area contributed by atoms with Gasteiger partial charge in [0.05, 0.1) is 12.8 Å². The third-order valence-corrected chi connectivity index (χ3v) is 3.26. The van der Waals surface area contributed by atoms with E-state index in [9.17, 15) is 0 Å². The minimum Gasteiger partial charge on any atom is -0.495 e. The van der Waals surface area contributed by atoms with E-state index in [4.69, 9.17) is 4.74 Å². The predicted octanol–water partition coefficient (Wildman–Crippen LogP) is 3.93. The number of rotatable bonds is 4. The highest BCUT2D eigenvalue weighted by atomic mass is 16.5. The van der Waals surface area contributed by atoms with E-state index in [1.165, 1.54) is 5.56 Å². The first-order valence-corrected chi connectivity index (χ1v) is 6.78. The summed E-state index contributed by atoms with van der Waals surface area (Å²) in [4.78, 5) is 4.39. The van der Waals surface area contributed by atoms with Crippen molar-refractivity contribution in [2.75, 3.05) is 12.4 Å². The van der Waals surface area contributed by atoms with E-state index in [0.29, 0.717) is 0 Å².